The SMILES string of the molecule is C1=CC(CN2CCCC2)C=CN1. The summed E-state index contributed by atoms with van der Waals surface area (Å²) in [6, 6.07) is 0. The Morgan fingerprint density at radius 3 is 2.50 bits per heavy atom. The molecule has 2 rings (SSSR count). The van der Waals surface area contributed by atoms with Gasteiger partial charge in [-0.25, -0.2) is 0 Å². The van der Waals surface area contributed by atoms with E-state index in [1.807, 2.05) is 12.4 Å². The van der Waals surface area contributed by atoms with E-state index in [9.17, 15) is 0 Å². The third kappa shape index (κ3) is 1.89. The first-order chi connectivity index (χ1) is 5.95. The number of nitrogens with zero attached hydrogens (tertiary/aromatic N) is 1. The summed E-state index contributed by atoms with van der Waals surface area (Å²) in [5.74, 6) is 0.629. The van der Waals surface area contributed by atoms with Crippen molar-refractivity contribution in [2.45, 2.75) is 12.8 Å². The molecular formula is C10H16N2. The molecule has 0 atom stereocenters. The Kier molecular flexibility index (Phi) is 2.47. The molecule has 2 heterocycles. The zero-order valence-corrected chi connectivity index (χ0v) is 7.37. The second kappa shape index (κ2) is 3.76. The van der Waals surface area contributed by atoms with Gasteiger partial charge in [0.2, 0.25) is 0 Å². The van der Waals surface area contributed by atoms with E-state index in [-0.39, 0.29) is 0 Å². The van der Waals surface area contributed by atoms with Gasteiger partial charge in [0.15, 0.2) is 0 Å². The molecule has 2 aliphatic rings. The van der Waals surface area contributed by atoms with Crippen LogP contribution in [-0.4, -0.2) is 24.5 Å². The van der Waals surface area contributed by atoms with E-state index in [2.05, 4.69) is 22.4 Å². The highest BCUT2D eigenvalue weighted by molar-refractivity contribution is 5.07. The van der Waals surface area contributed by atoms with Crippen LogP contribution in [0.2, 0.25) is 0 Å². The number of hydrogen-bond donors (Lipinski definition) is 1. The summed E-state index contributed by atoms with van der Waals surface area (Å²) in [5.41, 5.74) is 0. The maximum absolute atomic E-state index is 3.06. The molecular weight excluding hydrogens is 148 g/mol. The van der Waals surface area contributed by atoms with Crippen molar-refractivity contribution in [3.05, 3.63) is 24.6 Å². The predicted octanol–water partition coefficient (Wildman–Crippen LogP) is 1.33. The number of likely N-dealkylation sites (tertiary alicyclic amines) is 1. The van der Waals surface area contributed by atoms with Crippen molar-refractivity contribution in [2.24, 2.45) is 5.92 Å². The summed E-state index contributed by atoms with van der Waals surface area (Å²) in [4.78, 5) is 2.55. The third-order valence-corrected chi connectivity index (χ3v) is 2.55. The molecule has 0 aromatic rings. The molecule has 0 aromatic carbocycles. The molecule has 2 nitrogen and oxygen atoms in total. The van der Waals surface area contributed by atoms with Crippen LogP contribution in [0.4, 0.5) is 0 Å². The van der Waals surface area contributed by atoms with Crippen LogP contribution in [0.3, 0.4) is 0 Å². The van der Waals surface area contributed by atoms with E-state index in [0.717, 1.165) is 0 Å². The van der Waals surface area contributed by atoms with Gasteiger partial charge in [0.1, 0.15) is 0 Å². The topological polar surface area (TPSA) is 15.3 Å². The summed E-state index contributed by atoms with van der Waals surface area (Å²) in [6.07, 6.45) is 11.3. The fourth-order valence-electron chi connectivity index (χ4n) is 1.86. The van der Waals surface area contributed by atoms with Crippen LogP contribution in [0, 0.1) is 5.92 Å². The molecule has 0 spiro atoms. The van der Waals surface area contributed by atoms with E-state index in [1.165, 1.54) is 32.5 Å². The van der Waals surface area contributed by atoms with E-state index in [4.69, 9.17) is 0 Å². The van der Waals surface area contributed by atoms with E-state index < -0.39 is 0 Å². The lowest BCUT2D eigenvalue weighted by Crippen LogP contribution is -2.26. The van der Waals surface area contributed by atoms with Gasteiger partial charge in [0.05, 0.1) is 0 Å². The monoisotopic (exact) mass is 164 g/mol. The Morgan fingerprint density at radius 1 is 1.17 bits per heavy atom. The van der Waals surface area contributed by atoms with Gasteiger partial charge in [0, 0.05) is 12.5 Å². The van der Waals surface area contributed by atoms with Crippen molar-refractivity contribution in [2.75, 3.05) is 19.6 Å². The second-order valence-corrected chi connectivity index (χ2v) is 3.56. The van der Waals surface area contributed by atoms with Gasteiger partial charge in [0.25, 0.3) is 0 Å². The van der Waals surface area contributed by atoms with Crippen molar-refractivity contribution in [3.8, 4) is 0 Å². The molecule has 0 radical (unpaired) electrons. The minimum atomic E-state index is 0.629. The average Bonchev–Trinajstić information content (AvgIpc) is 2.59. The van der Waals surface area contributed by atoms with Crippen molar-refractivity contribution in [1.82, 2.24) is 10.2 Å². The van der Waals surface area contributed by atoms with E-state index in [0.29, 0.717) is 5.92 Å². The van der Waals surface area contributed by atoms with Crippen molar-refractivity contribution in [1.29, 1.82) is 0 Å². The highest BCUT2D eigenvalue weighted by Gasteiger charge is 2.14. The summed E-state index contributed by atoms with van der Waals surface area (Å²) in [6.45, 7) is 3.80. The molecule has 66 valence electrons. The number of hydrogen-bond acceptors (Lipinski definition) is 2. The lowest BCUT2D eigenvalue weighted by atomic mass is 10.1. The summed E-state index contributed by atoms with van der Waals surface area (Å²) < 4.78 is 0. The number of dihydropyridines is 1. The second-order valence-electron chi connectivity index (χ2n) is 3.56. The van der Waals surface area contributed by atoms with Gasteiger partial charge < -0.3 is 10.2 Å². The molecule has 2 aliphatic heterocycles. The van der Waals surface area contributed by atoms with Crippen molar-refractivity contribution in [3.63, 3.8) is 0 Å². The van der Waals surface area contributed by atoms with Gasteiger partial charge in [-0.3, -0.25) is 0 Å². The fraction of sp³-hybridized carbons (Fsp3) is 0.600. The molecule has 0 aliphatic carbocycles. The molecule has 12 heavy (non-hydrogen) atoms. The highest BCUT2D eigenvalue weighted by atomic mass is 15.1. The van der Waals surface area contributed by atoms with Gasteiger partial charge in [-0.1, -0.05) is 12.2 Å². The molecule has 0 bridgehead atoms. The zero-order chi connectivity index (χ0) is 8.23. The first-order valence-corrected chi connectivity index (χ1v) is 4.77. The molecule has 1 saturated heterocycles. The Balaban J connectivity index is 1.81. The van der Waals surface area contributed by atoms with Gasteiger partial charge >= 0.3 is 0 Å². The first-order valence-electron chi connectivity index (χ1n) is 4.77. The van der Waals surface area contributed by atoms with Gasteiger partial charge in [-0.15, -0.1) is 0 Å². The van der Waals surface area contributed by atoms with Crippen LogP contribution < -0.4 is 5.32 Å². The largest absolute Gasteiger partial charge is 0.368 e. The standard InChI is InChI=1S/C10H16N2/c1-2-8-12(7-1)9-10-3-5-11-6-4-10/h3-6,10-11H,1-2,7-9H2. The maximum Gasteiger partial charge on any atom is 0.0109 e. The van der Waals surface area contributed by atoms with Crippen LogP contribution in [0.1, 0.15) is 12.8 Å². The maximum atomic E-state index is 3.06. The Bertz CT molecular complexity index is 178. The molecule has 1 fully saturated rings. The first kappa shape index (κ1) is 7.87. The van der Waals surface area contributed by atoms with Crippen LogP contribution in [0.15, 0.2) is 24.6 Å². The van der Waals surface area contributed by atoms with Crippen LogP contribution in [0.5, 0.6) is 0 Å². The molecule has 0 aromatic heterocycles. The average molecular weight is 164 g/mol. The van der Waals surface area contributed by atoms with Crippen LogP contribution in [-0.2, 0) is 0 Å². The van der Waals surface area contributed by atoms with E-state index in [1.54, 1.807) is 0 Å². The number of nitrogens with one attached hydrogen (secondary N) is 1. The lowest BCUT2D eigenvalue weighted by Gasteiger charge is -2.19. The summed E-state index contributed by atoms with van der Waals surface area (Å²) >= 11 is 0. The molecule has 1 N–H and O–H groups in total. The lowest BCUT2D eigenvalue weighted by molar-refractivity contribution is 0.321. The Morgan fingerprint density at radius 2 is 1.83 bits per heavy atom. The third-order valence-electron chi connectivity index (χ3n) is 2.55. The Labute approximate surface area is 73.9 Å². The number of rotatable bonds is 2. The smallest absolute Gasteiger partial charge is 0.0109 e. The summed E-state index contributed by atoms with van der Waals surface area (Å²) in [5, 5.41) is 3.06. The summed E-state index contributed by atoms with van der Waals surface area (Å²) in [7, 11) is 0. The molecule has 0 unspecified atom stereocenters. The zero-order valence-electron chi connectivity index (χ0n) is 7.37. The minimum Gasteiger partial charge on any atom is -0.368 e. The minimum absolute atomic E-state index is 0.629. The van der Waals surface area contributed by atoms with Crippen molar-refractivity contribution >= 4 is 0 Å². The normalized spacial score (nSPS) is 24.7. The quantitative estimate of drug-likeness (QED) is 0.662. The predicted molar refractivity (Wildman–Crippen MR) is 50.6 cm³/mol. The van der Waals surface area contributed by atoms with Crippen LogP contribution in [0.25, 0.3) is 0 Å². The fourth-order valence-corrected chi connectivity index (χ4v) is 1.86. The van der Waals surface area contributed by atoms with Gasteiger partial charge in [-0.2, -0.15) is 0 Å². The molecule has 2 heteroatoms. The Hall–Kier alpha value is -0.760. The molecule has 0 saturated carbocycles. The van der Waals surface area contributed by atoms with Gasteiger partial charge in [-0.05, 0) is 38.3 Å². The van der Waals surface area contributed by atoms with E-state index >= 15 is 0 Å². The van der Waals surface area contributed by atoms with Crippen LogP contribution >= 0.6 is 0 Å². The molecule has 0 amide bonds. The van der Waals surface area contributed by atoms with Crippen molar-refractivity contribution < 1.29 is 0 Å². The highest BCUT2D eigenvalue weighted by Crippen LogP contribution is 2.12.